The molecule has 2 amide bonds. The fourth-order valence-corrected chi connectivity index (χ4v) is 4.07. The zero-order chi connectivity index (χ0) is 24.5. The van der Waals surface area contributed by atoms with Crippen LogP contribution in [0.2, 0.25) is 0 Å². The van der Waals surface area contributed by atoms with Crippen molar-refractivity contribution in [1.82, 2.24) is 0 Å². The van der Waals surface area contributed by atoms with E-state index in [9.17, 15) is 9.59 Å². The van der Waals surface area contributed by atoms with Gasteiger partial charge in [-0.15, -0.1) is 0 Å². The fraction of sp³-hybridized carbons (Fsp3) is 0.286. The van der Waals surface area contributed by atoms with Gasteiger partial charge in [0, 0.05) is 24.5 Å². The van der Waals surface area contributed by atoms with E-state index in [1.807, 2.05) is 54.6 Å². The number of ether oxygens (including phenoxy) is 2. The molecule has 1 aliphatic heterocycles. The first kappa shape index (κ1) is 24.1. The summed E-state index contributed by atoms with van der Waals surface area (Å²) in [5, 5.41) is 5.62. The maximum Gasteiger partial charge on any atom is 0.340 e. The number of rotatable bonds is 8. The van der Waals surface area contributed by atoms with Crippen molar-refractivity contribution in [3.8, 4) is 5.75 Å². The minimum absolute atomic E-state index is 0.293. The third kappa shape index (κ3) is 6.76. The highest BCUT2D eigenvalue weighted by Gasteiger charge is 2.20. The summed E-state index contributed by atoms with van der Waals surface area (Å²) in [7, 11) is 0. The van der Waals surface area contributed by atoms with E-state index >= 15 is 0 Å². The minimum atomic E-state index is -0.400. The summed E-state index contributed by atoms with van der Waals surface area (Å²) in [4.78, 5) is 27.4. The Morgan fingerprint density at radius 3 is 2.26 bits per heavy atom. The SMILES string of the molecule is CCOC(=O)c1cc(NC(=O)Nc2ccc(OCc3ccccc3)cc2)ccc1N1CCCCC1. The summed E-state index contributed by atoms with van der Waals surface area (Å²) >= 11 is 0. The van der Waals surface area contributed by atoms with Gasteiger partial charge in [0.15, 0.2) is 0 Å². The number of carbonyl (C=O) groups excluding carboxylic acids is 2. The van der Waals surface area contributed by atoms with Gasteiger partial charge < -0.3 is 25.0 Å². The Labute approximate surface area is 206 Å². The van der Waals surface area contributed by atoms with Crippen molar-refractivity contribution >= 4 is 29.1 Å². The molecule has 0 aromatic heterocycles. The van der Waals surface area contributed by atoms with Crippen LogP contribution in [0.5, 0.6) is 5.75 Å². The van der Waals surface area contributed by atoms with Crippen LogP contribution in [0.25, 0.3) is 0 Å². The molecule has 4 rings (SSSR count). The number of piperidine rings is 1. The van der Waals surface area contributed by atoms with Gasteiger partial charge in [-0.1, -0.05) is 30.3 Å². The van der Waals surface area contributed by atoms with E-state index in [0.29, 0.717) is 35.9 Å². The van der Waals surface area contributed by atoms with Crippen molar-refractivity contribution in [2.24, 2.45) is 0 Å². The van der Waals surface area contributed by atoms with E-state index in [1.165, 1.54) is 6.42 Å². The van der Waals surface area contributed by atoms with Crippen LogP contribution in [0.4, 0.5) is 21.9 Å². The number of amides is 2. The van der Waals surface area contributed by atoms with Gasteiger partial charge in [-0.2, -0.15) is 0 Å². The van der Waals surface area contributed by atoms with Crippen LogP contribution in [0.1, 0.15) is 42.1 Å². The number of nitrogens with zero attached hydrogens (tertiary/aromatic N) is 1. The third-order valence-corrected chi connectivity index (χ3v) is 5.81. The van der Waals surface area contributed by atoms with Gasteiger partial charge in [-0.05, 0) is 74.2 Å². The van der Waals surface area contributed by atoms with Gasteiger partial charge >= 0.3 is 12.0 Å². The molecule has 0 bridgehead atoms. The molecule has 3 aromatic rings. The van der Waals surface area contributed by atoms with E-state index in [1.54, 1.807) is 25.1 Å². The van der Waals surface area contributed by atoms with E-state index in [2.05, 4.69) is 15.5 Å². The molecule has 1 fully saturated rings. The second-order valence-electron chi connectivity index (χ2n) is 8.38. The molecule has 2 N–H and O–H groups in total. The summed E-state index contributed by atoms with van der Waals surface area (Å²) in [5.74, 6) is 0.329. The van der Waals surface area contributed by atoms with Crippen molar-refractivity contribution in [2.75, 3.05) is 35.2 Å². The Morgan fingerprint density at radius 1 is 0.857 bits per heavy atom. The third-order valence-electron chi connectivity index (χ3n) is 5.81. The normalized spacial score (nSPS) is 13.1. The number of nitrogens with one attached hydrogen (secondary N) is 2. The van der Waals surface area contributed by atoms with Crippen molar-refractivity contribution in [2.45, 2.75) is 32.8 Å². The van der Waals surface area contributed by atoms with Crippen LogP contribution >= 0.6 is 0 Å². The molecular weight excluding hydrogens is 442 g/mol. The summed E-state index contributed by atoms with van der Waals surface area (Å²) in [6.45, 7) is 4.37. The van der Waals surface area contributed by atoms with Gasteiger partial charge in [-0.25, -0.2) is 9.59 Å². The van der Waals surface area contributed by atoms with Crippen molar-refractivity contribution < 1.29 is 19.1 Å². The van der Waals surface area contributed by atoms with E-state index in [-0.39, 0.29) is 5.97 Å². The Bertz CT molecular complexity index is 1130. The Morgan fingerprint density at radius 2 is 1.54 bits per heavy atom. The highest BCUT2D eigenvalue weighted by atomic mass is 16.5. The first-order chi connectivity index (χ1) is 17.1. The molecule has 0 unspecified atom stereocenters. The number of benzene rings is 3. The van der Waals surface area contributed by atoms with E-state index < -0.39 is 6.03 Å². The second-order valence-corrected chi connectivity index (χ2v) is 8.38. The van der Waals surface area contributed by atoms with Crippen LogP contribution in [0.15, 0.2) is 72.8 Å². The summed E-state index contributed by atoms with van der Waals surface area (Å²) in [5.41, 5.74) is 3.55. The molecular formula is C28H31N3O4. The Balaban J connectivity index is 1.38. The lowest BCUT2D eigenvalue weighted by atomic mass is 10.1. The van der Waals surface area contributed by atoms with Crippen molar-refractivity contribution in [1.29, 1.82) is 0 Å². The largest absolute Gasteiger partial charge is 0.489 e. The summed E-state index contributed by atoms with van der Waals surface area (Å²) in [6.07, 6.45) is 3.40. The van der Waals surface area contributed by atoms with Gasteiger partial charge in [0.05, 0.1) is 17.9 Å². The molecule has 0 aliphatic carbocycles. The Kier molecular flexibility index (Phi) is 8.22. The molecule has 1 heterocycles. The minimum Gasteiger partial charge on any atom is -0.489 e. The van der Waals surface area contributed by atoms with Gasteiger partial charge in [-0.3, -0.25) is 0 Å². The fourth-order valence-electron chi connectivity index (χ4n) is 4.07. The average molecular weight is 474 g/mol. The predicted octanol–water partition coefficient (Wildman–Crippen LogP) is 6.08. The second kappa shape index (κ2) is 11.9. The van der Waals surface area contributed by atoms with E-state index in [0.717, 1.165) is 37.2 Å². The monoisotopic (exact) mass is 473 g/mol. The molecule has 182 valence electrons. The van der Waals surface area contributed by atoms with E-state index in [4.69, 9.17) is 9.47 Å². The predicted molar refractivity (Wildman–Crippen MR) is 138 cm³/mol. The number of esters is 1. The Hall–Kier alpha value is -4.00. The highest BCUT2D eigenvalue weighted by Crippen LogP contribution is 2.28. The smallest absolute Gasteiger partial charge is 0.340 e. The molecule has 0 radical (unpaired) electrons. The molecule has 3 aromatic carbocycles. The average Bonchev–Trinajstić information content (AvgIpc) is 2.89. The molecule has 0 atom stereocenters. The maximum atomic E-state index is 12.6. The number of carbonyl (C=O) groups is 2. The molecule has 1 saturated heterocycles. The first-order valence-corrected chi connectivity index (χ1v) is 12.0. The standard InChI is InChI=1S/C28H31N3O4/c1-2-34-27(32)25-19-23(13-16-26(25)31-17-7-4-8-18-31)30-28(33)29-22-11-14-24(15-12-22)35-20-21-9-5-3-6-10-21/h3,5-6,9-16,19H,2,4,7-8,17-18,20H2,1H3,(H2,29,30,33). The van der Waals surface area contributed by atoms with Gasteiger partial charge in [0.25, 0.3) is 0 Å². The topological polar surface area (TPSA) is 79.9 Å². The van der Waals surface area contributed by atoms with Gasteiger partial charge in [0.1, 0.15) is 12.4 Å². The highest BCUT2D eigenvalue weighted by molar-refractivity contribution is 6.02. The van der Waals surface area contributed by atoms with Crippen LogP contribution in [0, 0.1) is 0 Å². The molecule has 1 aliphatic rings. The summed E-state index contributed by atoms with van der Waals surface area (Å²) < 4.78 is 11.1. The zero-order valence-electron chi connectivity index (χ0n) is 20.0. The molecule has 7 heteroatoms. The molecule has 0 spiro atoms. The molecule has 7 nitrogen and oxygen atoms in total. The first-order valence-electron chi connectivity index (χ1n) is 12.0. The van der Waals surface area contributed by atoms with Crippen molar-refractivity contribution in [3.63, 3.8) is 0 Å². The zero-order valence-corrected chi connectivity index (χ0v) is 20.0. The van der Waals surface area contributed by atoms with Crippen LogP contribution in [-0.4, -0.2) is 31.7 Å². The van der Waals surface area contributed by atoms with Crippen molar-refractivity contribution in [3.05, 3.63) is 83.9 Å². The maximum absolute atomic E-state index is 12.6. The van der Waals surface area contributed by atoms with Crippen LogP contribution in [-0.2, 0) is 11.3 Å². The number of hydrogen-bond donors (Lipinski definition) is 2. The lowest BCUT2D eigenvalue weighted by Crippen LogP contribution is -2.31. The lowest BCUT2D eigenvalue weighted by molar-refractivity contribution is 0.0527. The molecule has 35 heavy (non-hydrogen) atoms. The quantitative estimate of drug-likeness (QED) is 0.388. The number of hydrogen-bond acceptors (Lipinski definition) is 5. The van der Waals surface area contributed by atoms with Crippen LogP contribution in [0.3, 0.4) is 0 Å². The van der Waals surface area contributed by atoms with Crippen LogP contribution < -0.4 is 20.3 Å². The number of urea groups is 1. The number of anilines is 3. The van der Waals surface area contributed by atoms with Gasteiger partial charge in [0.2, 0.25) is 0 Å². The summed E-state index contributed by atoms with van der Waals surface area (Å²) in [6, 6.07) is 22.1. The lowest BCUT2D eigenvalue weighted by Gasteiger charge is -2.30. The molecule has 0 saturated carbocycles.